The monoisotopic (exact) mass is 449 g/mol. The van der Waals surface area contributed by atoms with Crippen LogP contribution in [0.1, 0.15) is 21.7 Å². The zero-order valence-corrected chi connectivity index (χ0v) is 17.4. The van der Waals surface area contributed by atoms with Crippen LogP contribution in [-0.2, 0) is 6.42 Å². The summed E-state index contributed by atoms with van der Waals surface area (Å²) in [5.74, 6) is 0.644. The van der Waals surface area contributed by atoms with Crippen molar-refractivity contribution in [1.29, 1.82) is 0 Å². The predicted molar refractivity (Wildman–Crippen MR) is 110 cm³/mol. The number of aromatic nitrogens is 3. The number of alkyl halides is 3. The topological polar surface area (TPSA) is 80.2 Å². The average molecular weight is 449 g/mol. The molecule has 1 amide bonds. The third-order valence-corrected chi connectivity index (χ3v) is 5.77. The van der Waals surface area contributed by atoms with Gasteiger partial charge in [-0.3, -0.25) is 4.79 Å². The molecule has 0 bridgehead atoms. The minimum atomic E-state index is -3.27. The van der Waals surface area contributed by atoms with Crippen molar-refractivity contribution in [2.45, 2.75) is 26.1 Å². The number of hydrogen-bond donors (Lipinski definition) is 1. The molecule has 162 valence electrons. The van der Waals surface area contributed by atoms with E-state index in [2.05, 4.69) is 20.3 Å². The van der Waals surface area contributed by atoms with Crippen molar-refractivity contribution in [3.8, 4) is 16.2 Å². The lowest BCUT2D eigenvalue weighted by atomic mass is 9.95. The first-order valence-electron chi connectivity index (χ1n) is 9.34. The zero-order chi connectivity index (χ0) is 22.1. The van der Waals surface area contributed by atoms with E-state index in [4.69, 9.17) is 4.74 Å². The van der Waals surface area contributed by atoms with E-state index < -0.39 is 18.6 Å². The predicted octanol–water partition coefficient (Wildman–Crippen LogP) is 4.22. The number of aryl methyl sites for hydroxylation is 1. The number of methoxy groups -OCH3 is 1. The number of carbonyl (C=O) groups excluding carboxylic acids is 1. The summed E-state index contributed by atoms with van der Waals surface area (Å²) < 4.78 is 44.8. The fourth-order valence-electron chi connectivity index (χ4n) is 3.37. The first-order valence-corrected chi connectivity index (χ1v) is 10.2. The second-order valence-corrected chi connectivity index (χ2v) is 7.84. The molecule has 0 fully saturated rings. The van der Waals surface area contributed by atoms with E-state index in [-0.39, 0.29) is 24.3 Å². The Morgan fingerprint density at radius 1 is 1.26 bits per heavy atom. The highest BCUT2D eigenvalue weighted by Crippen LogP contribution is 2.38. The molecule has 0 saturated carbocycles. The number of hydrogen-bond acceptors (Lipinski definition) is 7. The van der Waals surface area contributed by atoms with Gasteiger partial charge in [0.15, 0.2) is 5.13 Å². The summed E-state index contributed by atoms with van der Waals surface area (Å²) in [5.41, 5.74) is 1.48. The lowest BCUT2D eigenvalue weighted by Crippen LogP contribution is -2.46. The summed E-state index contributed by atoms with van der Waals surface area (Å²) in [6.45, 7) is 1.65. The van der Waals surface area contributed by atoms with Gasteiger partial charge in [-0.15, -0.1) is 0 Å². The van der Waals surface area contributed by atoms with Crippen LogP contribution in [0.4, 0.5) is 24.1 Å². The van der Waals surface area contributed by atoms with Crippen LogP contribution in [0.5, 0.6) is 5.75 Å². The number of rotatable bonds is 6. The van der Waals surface area contributed by atoms with E-state index in [1.165, 1.54) is 18.4 Å². The van der Waals surface area contributed by atoms with Crippen LogP contribution in [-0.4, -0.2) is 52.1 Å². The highest BCUT2D eigenvalue weighted by Gasteiger charge is 2.37. The maximum atomic E-state index is 13.8. The number of nitrogens with one attached hydrogen (secondary N) is 1. The molecule has 0 saturated heterocycles. The fourth-order valence-corrected chi connectivity index (χ4v) is 4.18. The minimum Gasteiger partial charge on any atom is -0.496 e. The molecule has 3 aromatic rings. The van der Waals surface area contributed by atoms with Crippen LogP contribution in [0.15, 0.2) is 30.6 Å². The largest absolute Gasteiger partial charge is 0.496 e. The van der Waals surface area contributed by atoms with Gasteiger partial charge in [-0.25, -0.2) is 28.1 Å². The van der Waals surface area contributed by atoms with Crippen LogP contribution in [0.2, 0.25) is 0 Å². The highest BCUT2D eigenvalue weighted by molar-refractivity contribution is 7.18. The Hall–Kier alpha value is -3.21. The van der Waals surface area contributed by atoms with Gasteiger partial charge in [0.25, 0.3) is 12.3 Å². The lowest BCUT2D eigenvalue weighted by Gasteiger charge is -2.31. The first kappa shape index (κ1) is 21.0. The Morgan fingerprint density at radius 3 is 2.77 bits per heavy atom. The molecule has 1 aromatic carbocycles. The summed E-state index contributed by atoms with van der Waals surface area (Å²) in [4.78, 5) is 26.7. The van der Waals surface area contributed by atoms with Crippen molar-refractivity contribution in [3.63, 3.8) is 0 Å². The molecule has 1 N–H and O–H groups in total. The van der Waals surface area contributed by atoms with Gasteiger partial charge in [0.2, 0.25) is 6.30 Å². The Bertz CT molecular complexity index is 1110. The number of amides is 1. The molecular formula is C20H18F3N5O2S. The van der Waals surface area contributed by atoms with Crippen LogP contribution >= 0.6 is 11.3 Å². The van der Waals surface area contributed by atoms with E-state index in [0.717, 1.165) is 10.4 Å². The highest BCUT2D eigenvalue weighted by atomic mass is 32.1. The van der Waals surface area contributed by atoms with E-state index in [9.17, 15) is 18.0 Å². The van der Waals surface area contributed by atoms with Crippen molar-refractivity contribution in [2.24, 2.45) is 0 Å². The summed E-state index contributed by atoms with van der Waals surface area (Å²) in [5, 5.41) is 3.73. The molecule has 0 spiro atoms. The normalized spacial score (nSPS) is 14.5. The standard InChI is InChI=1S/C20H18F3N5O2S/c1-10-24-5-3-15(26-10)27-20-25-9-14(31-20)12-7-11-4-6-28(18(23)17(21)22)19(29)16(11)13(8-12)30-2/h3,5,7-9,17-18H,4,6H2,1-2H3,(H,24,25,26,27). The second kappa shape index (κ2) is 8.50. The smallest absolute Gasteiger partial charge is 0.287 e. The maximum Gasteiger partial charge on any atom is 0.287 e. The van der Waals surface area contributed by atoms with Crippen molar-refractivity contribution in [3.05, 3.63) is 47.5 Å². The summed E-state index contributed by atoms with van der Waals surface area (Å²) in [6, 6.07) is 5.14. The van der Waals surface area contributed by atoms with Crippen molar-refractivity contribution in [1.82, 2.24) is 19.9 Å². The third-order valence-electron chi connectivity index (χ3n) is 4.81. The van der Waals surface area contributed by atoms with Gasteiger partial charge in [-0.1, -0.05) is 11.3 Å². The Kier molecular flexibility index (Phi) is 5.77. The van der Waals surface area contributed by atoms with Gasteiger partial charge in [0.05, 0.1) is 17.6 Å². The number of nitrogens with zero attached hydrogens (tertiary/aromatic N) is 4. The molecular weight excluding hydrogens is 431 g/mol. The molecule has 11 heteroatoms. The van der Waals surface area contributed by atoms with Crippen molar-refractivity contribution >= 4 is 28.2 Å². The molecule has 2 aromatic heterocycles. The van der Waals surface area contributed by atoms with Gasteiger partial charge in [-0.05, 0) is 42.7 Å². The van der Waals surface area contributed by atoms with E-state index in [0.29, 0.717) is 27.2 Å². The van der Waals surface area contributed by atoms with Gasteiger partial charge in [0.1, 0.15) is 17.4 Å². The summed E-state index contributed by atoms with van der Waals surface area (Å²) >= 11 is 1.37. The molecule has 1 aliphatic heterocycles. The number of anilines is 2. The Morgan fingerprint density at radius 2 is 2.06 bits per heavy atom. The lowest BCUT2D eigenvalue weighted by molar-refractivity contribution is -0.0382. The molecule has 1 unspecified atom stereocenters. The Labute approximate surface area is 179 Å². The van der Waals surface area contributed by atoms with Crippen LogP contribution in [0.25, 0.3) is 10.4 Å². The number of benzene rings is 1. The number of carbonyl (C=O) groups is 1. The minimum absolute atomic E-state index is 0.111. The zero-order valence-electron chi connectivity index (χ0n) is 16.6. The van der Waals surface area contributed by atoms with Crippen LogP contribution < -0.4 is 10.1 Å². The van der Waals surface area contributed by atoms with Crippen molar-refractivity contribution in [2.75, 3.05) is 19.0 Å². The van der Waals surface area contributed by atoms with Crippen LogP contribution in [0.3, 0.4) is 0 Å². The molecule has 1 aliphatic rings. The molecule has 4 rings (SSSR count). The number of ether oxygens (including phenoxy) is 1. The molecule has 0 aliphatic carbocycles. The maximum absolute atomic E-state index is 13.8. The van der Waals surface area contributed by atoms with Gasteiger partial charge in [0, 0.05) is 18.9 Å². The summed E-state index contributed by atoms with van der Waals surface area (Å²) in [7, 11) is 1.38. The molecule has 31 heavy (non-hydrogen) atoms. The molecule has 7 nitrogen and oxygen atoms in total. The molecule has 0 radical (unpaired) electrons. The van der Waals surface area contributed by atoms with Crippen LogP contribution in [0, 0.1) is 6.92 Å². The number of thiazole rings is 1. The van der Waals surface area contributed by atoms with Crippen molar-refractivity contribution < 1.29 is 22.7 Å². The fraction of sp³-hybridized carbons (Fsp3) is 0.300. The second-order valence-electron chi connectivity index (χ2n) is 6.81. The number of halogens is 3. The third kappa shape index (κ3) is 4.18. The van der Waals surface area contributed by atoms with Gasteiger partial charge in [-0.2, -0.15) is 0 Å². The SMILES string of the molecule is COc1cc(-c2cnc(Nc3ccnc(C)n3)s2)cc2c1C(=O)N(C(F)C(F)F)CC2. The quantitative estimate of drug-likeness (QED) is 0.568. The van der Waals surface area contributed by atoms with Gasteiger partial charge < -0.3 is 15.0 Å². The van der Waals surface area contributed by atoms with Gasteiger partial charge >= 0.3 is 0 Å². The average Bonchev–Trinajstić information content (AvgIpc) is 3.21. The Balaban J connectivity index is 1.63. The summed E-state index contributed by atoms with van der Waals surface area (Å²) in [6.07, 6.45) is -2.36. The van der Waals surface area contributed by atoms with E-state index >= 15 is 0 Å². The molecule has 1 atom stereocenters. The number of fused-ring (bicyclic) bond motifs is 1. The van der Waals surface area contributed by atoms with E-state index in [1.807, 2.05) is 0 Å². The molecule has 3 heterocycles. The van der Waals surface area contributed by atoms with E-state index in [1.54, 1.807) is 37.5 Å². The first-order chi connectivity index (χ1) is 14.9.